The Morgan fingerprint density at radius 3 is 3.15 bits per heavy atom. The van der Waals surface area contributed by atoms with Crippen molar-refractivity contribution in [1.29, 1.82) is 0 Å². The number of allylic oxidation sites excluding steroid dienone is 1. The van der Waals surface area contributed by atoms with Crippen molar-refractivity contribution in [3.05, 3.63) is 30.2 Å². The van der Waals surface area contributed by atoms with Crippen LogP contribution in [0.4, 0.5) is 0 Å². The highest BCUT2D eigenvalue weighted by Crippen LogP contribution is 2.00. The number of nitrogens with zero attached hydrogens (tertiary/aromatic N) is 1. The van der Waals surface area contributed by atoms with Gasteiger partial charge in [0.1, 0.15) is 5.76 Å². The average molecular weight is 180 g/mol. The van der Waals surface area contributed by atoms with Crippen molar-refractivity contribution in [2.24, 2.45) is 0 Å². The fraction of sp³-hybridized carbons (Fsp3) is 0.500. The number of nitrogens with one attached hydrogen (secondary N) is 1. The summed E-state index contributed by atoms with van der Waals surface area (Å²) in [5.41, 5.74) is 0.969. The first-order valence-corrected chi connectivity index (χ1v) is 4.56. The van der Waals surface area contributed by atoms with Crippen molar-refractivity contribution in [1.82, 2.24) is 10.5 Å². The molecule has 0 bridgehead atoms. The molecule has 13 heavy (non-hydrogen) atoms. The van der Waals surface area contributed by atoms with Crippen LogP contribution in [-0.2, 0) is 6.54 Å². The molecule has 1 rings (SSSR count). The zero-order chi connectivity index (χ0) is 9.52. The molecule has 0 fully saturated rings. The molecule has 0 atom stereocenters. The van der Waals surface area contributed by atoms with Crippen molar-refractivity contribution in [3.63, 3.8) is 0 Å². The monoisotopic (exact) mass is 180 g/mol. The molecule has 0 aliphatic rings. The lowest BCUT2D eigenvalue weighted by atomic mass is 10.3. The van der Waals surface area contributed by atoms with Crippen LogP contribution in [0.5, 0.6) is 0 Å². The van der Waals surface area contributed by atoms with Crippen LogP contribution < -0.4 is 5.32 Å². The van der Waals surface area contributed by atoms with E-state index in [-0.39, 0.29) is 0 Å². The fourth-order valence-electron chi connectivity index (χ4n) is 1.09. The molecule has 1 N–H and O–H groups in total. The zero-order valence-corrected chi connectivity index (χ0v) is 8.05. The van der Waals surface area contributed by atoms with E-state index in [1.165, 1.54) is 0 Å². The molecule has 3 heteroatoms. The Bertz CT molecular complexity index is 255. The maximum absolute atomic E-state index is 4.94. The van der Waals surface area contributed by atoms with Gasteiger partial charge in [-0.3, -0.25) is 0 Å². The Kier molecular flexibility index (Phi) is 4.26. The Hall–Kier alpha value is -1.09. The van der Waals surface area contributed by atoms with E-state index in [0.717, 1.165) is 37.4 Å². The molecule has 1 aromatic rings. The Morgan fingerprint density at radius 2 is 2.54 bits per heavy atom. The van der Waals surface area contributed by atoms with E-state index >= 15 is 0 Å². The highest BCUT2D eigenvalue weighted by atomic mass is 16.5. The molecule has 3 nitrogen and oxygen atoms in total. The average Bonchev–Trinajstić information content (AvgIpc) is 2.51. The maximum atomic E-state index is 4.94. The lowest BCUT2D eigenvalue weighted by Crippen LogP contribution is -2.14. The van der Waals surface area contributed by atoms with Gasteiger partial charge in [-0.15, -0.1) is 6.58 Å². The van der Waals surface area contributed by atoms with Crippen molar-refractivity contribution in [3.8, 4) is 0 Å². The normalized spacial score (nSPS) is 10.2. The van der Waals surface area contributed by atoms with Crippen molar-refractivity contribution >= 4 is 0 Å². The molecule has 0 saturated carbocycles. The zero-order valence-electron chi connectivity index (χ0n) is 8.05. The van der Waals surface area contributed by atoms with Crippen molar-refractivity contribution < 1.29 is 4.52 Å². The number of aromatic nitrogens is 1. The number of hydrogen-bond donors (Lipinski definition) is 1. The summed E-state index contributed by atoms with van der Waals surface area (Å²) in [7, 11) is 0. The maximum Gasteiger partial charge on any atom is 0.133 e. The highest BCUT2D eigenvalue weighted by molar-refractivity contribution is 5.02. The minimum atomic E-state index is 0.786. The van der Waals surface area contributed by atoms with Gasteiger partial charge in [0.2, 0.25) is 0 Å². The van der Waals surface area contributed by atoms with E-state index < -0.39 is 0 Å². The first-order chi connectivity index (χ1) is 6.33. The van der Waals surface area contributed by atoms with Crippen LogP contribution in [0.3, 0.4) is 0 Å². The van der Waals surface area contributed by atoms with Gasteiger partial charge in [-0.05, 0) is 26.3 Å². The molecule has 0 spiro atoms. The molecule has 1 aromatic heterocycles. The van der Waals surface area contributed by atoms with Gasteiger partial charge >= 0.3 is 0 Å². The van der Waals surface area contributed by atoms with E-state index in [4.69, 9.17) is 4.52 Å². The lowest BCUT2D eigenvalue weighted by molar-refractivity contribution is 0.388. The molecule has 0 radical (unpaired) electrons. The molecular formula is C10H16N2O. The second-order valence-electron chi connectivity index (χ2n) is 3.04. The second-order valence-corrected chi connectivity index (χ2v) is 3.04. The fourth-order valence-corrected chi connectivity index (χ4v) is 1.09. The van der Waals surface area contributed by atoms with Crippen LogP contribution in [0.25, 0.3) is 0 Å². The minimum Gasteiger partial charge on any atom is -0.361 e. The molecule has 0 saturated heterocycles. The first kappa shape index (κ1) is 9.99. The van der Waals surface area contributed by atoms with E-state index in [9.17, 15) is 0 Å². The predicted molar refractivity (Wildman–Crippen MR) is 52.4 cm³/mol. The number of hydrogen-bond acceptors (Lipinski definition) is 3. The predicted octanol–water partition coefficient (Wildman–Crippen LogP) is 2.04. The SMILES string of the molecule is C=CCCCNCc1cc(C)on1. The van der Waals surface area contributed by atoms with Gasteiger partial charge in [-0.1, -0.05) is 11.2 Å². The first-order valence-electron chi connectivity index (χ1n) is 4.56. The molecule has 0 aromatic carbocycles. The van der Waals surface area contributed by atoms with Gasteiger partial charge in [0.05, 0.1) is 5.69 Å². The van der Waals surface area contributed by atoms with Gasteiger partial charge in [0, 0.05) is 12.6 Å². The van der Waals surface area contributed by atoms with E-state index in [0.29, 0.717) is 0 Å². The minimum absolute atomic E-state index is 0.786. The molecule has 0 aliphatic carbocycles. The highest BCUT2D eigenvalue weighted by Gasteiger charge is 1.97. The summed E-state index contributed by atoms with van der Waals surface area (Å²) in [4.78, 5) is 0. The van der Waals surface area contributed by atoms with Crippen LogP contribution in [0.2, 0.25) is 0 Å². The van der Waals surface area contributed by atoms with E-state index in [1.54, 1.807) is 0 Å². The smallest absolute Gasteiger partial charge is 0.133 e. The largest absolute Gasteiger partial charge is 0.361 e. The van der Waals surface area contributed by atoms with Gasteiger partial charge < -0.3 is 9.84 Å². The summed E-state index contributed by atoms with van der Waals surface area (Å²) >= 11 is 0. The molecule has 0 aliphatic heterocycles. The van der Waals surface area contributed by atoms with Gasteiger partial charge in [-0.25, -0.2) is 0 Å². The third-order valence-corrected chi connectivity index (χ3v) is 1.74. The topological polar surface area (TPSA) is 38.1 Å². The Morgan fingerprint density at radius 1 is 1.69 bits per heavy atom. The Labute approximate surface area is 78.8 Å². The van der Waals surface area contributed by atoms with Crippen LogP contribution >= 0.6 is 0 Å². The number of unbranched alkanes of at least 4 members (excludes halogenated alkanes) is 1. The molecule has 1 heterocycles. The van der Waals surface area contributed by atoms with Crippen LogP contribution in [0.15, 0.2) is 23.2 Å². The molecule has 72 valence electrons. The lowest BCUT2D eigenvalue weighted by Gasteiger charge is -1.98. The van der Waals surface area contributed by atoms with Gasteiger partial charge in [0.15, 0.2) is 0 Å². The summed E-state index contributed by atoms with van der Waals surface area (Å²) in [6.07, 6.45) is 4.12. The van der Waals surface area contributed by atoms with E-state index in [1.807, 2.05) is 19.1 Å². The third kappa shape index (κ3) is 3.90. The van der Waals surface area contributed by atoms with Crippen LogP contribution in [0.1, 0.15) is 24.3 Å². The summed E-state index contributed by atoms with van der Waals surface area (Å²) in [5.74, 6) is 0.864. The van der Waals surface area contributed by atoms with Crippen molar-refractivity contribution in [2.75, 3.05) is 6.54 Å². The summed E-state index contributed by atoms with van der Waals surface area (Å²) in [6, 6.07) is 1.94. The number of rotatable bonds is 6. The van der Waals surface area contributed by atoms with Crippen LogP contribution in [0, 0.1) is 6.92 Å². The van der Waals surface area contributed by atoms with Gasteiger partial charge in [0.25, 0.3) is 0 Å². The summed E-state index contributed by atoms with van der Waals surface area (Å²) in [5, 5.41) is 7.16. The summed E-state index contributed by atoms with van der Waals surface area (Å²) < 4.78 is 4.94. The van der Waals surface area contributed by atoms with Gasteiger partial charge in [-0.2, -0.15) is 0 Å². The van der Waals surface area contributed by atoms with Crippen LogP contribution in [-0.4, -0.2) is 11.7 Å². The van der Waals surface area contributed by atoms with Crippen molar-refractivity contribution in [2.45, 2.75) is 26.3 Å². The standard InChI is InChI=1S/C10H16N2O/c1-3-4-5-6-11-8-10-7-9(2)13-12-10/h3,7,11H,1,4-6,8H2,2H3. The summed E-state index contributed by atoms with van der Waals surface area (Å²) in [6.45, 7) is 7.35. The molecule has 0 amide bonds. The molecular weight excluding hydrogens is 164 g/mol. The quantitative estimate of drug-likeness (QED) is 0.537. The third-order valence-electron chi connectivity index (χ3n) is 1.74. The molecule has 0 unspecified atom stereocenters. The second kappa shape index (κ2) is 5.54. The Balaban J connectivity index is 2.09. The number of aryl methyl sites for hydroxylation is 1. The van der Waals surface area contributed by atoms with E-state index in [2.05, 4.69) is 17.1 Å².